The van der Waals surface area contributed by atoms with E-state index < -0.39 is 83.5 Å². The number of carbonyl (C=O) groups excluding carboxylic acids is 2. The second-order valence-electron chi connectivity index (χ2n) is 18.7. The van der Waals surface area contributed by atoms with E-state index >= 15 is 0 Å². The molecular formula is C47H92O20. The van der Waals surface area contributed by atoms with Crippen LogP contribution >= 0.6 is 0 Å². The molecule has 0 amide bonds. The van der Waals surface area contributed by atoms with Gasteiger partial charge in [0.05, 0.1) is 149 Å². The van der Waals surface area contributed by atoms with Crippen LogP contribution < -0.4 is 0 Å². The minimum absolute atomic E-state index is 0.0380. The Morgan fingerprint density at radius 3 is 0.597 bits per heavy atom. The standard InChI is InChI=1S/C47H92O20/c1-13-45(25-55-16-34(4)48,26-56-17-35(5)49)30-60-21-39(9)64-43(53)66-41(11)23-62-32-47(15-3,29-59-20-38(8)52)33-63-24-42(12)67-44(54)65-40(10)22-61-31-46(14-2,27-57-18-36(6)50)28-58-19-37(7)51/h34-42,48-52H,13-33H2,1-12H3. The van der Waals surface area contributed by atoms with E-state index in [0.29, 0.717) is 19.3 Å². The number of ether oxygens (including phenoxy) is 13. The van der Waals surface area contributed by atoms with Crippen LogP contribution in [0.3, 0.4) is 0 Å². The van der Waals surface area contributed by atoms with E-state index in [1.807, 2.05) is 20.8 Å². The third kappa shape index (κ3) is 33.2. The molecule has 0 aliphatic heterocycles. The summed E-state index contributed by atoms with van der Waals surface area (Å²) < 4.78 is 74.3. The highest BCUT2D eigenvalue weighted by molar-refractivity contribution is 5.60. The fraction of sp³-hybridized carbons (Fsp3) is 0.957. The molecule has 400 valence electrons. The number of hydrogen-bond donors (Lipinski definition) is 5. The monoisotopic (exact) mass is 977 g/mol. The molecule has 0 aromatic heterocycles. The lowest BCUT2D eigenvalue weighted by Crippen LogP contribution is -2.39. The molecule has 0 aromatic rings. The first-order chi connectivity index (χ1) is 31.5. The summed E-state index contributed by atoms with van der Waals surface area (Å²) in [6.07, 6.45) is -5.80. The van der Waals surface area contributed by atoms with E-state index in [1.165, 1.54) is 0 Å². The molecule has 0 saturated heterocycles. The van der Waals surface area contributed by atoms with Gasteiger partial charge in [0.25, 0.3) is 0 Å². The Balaban J connectivity index is 5.09. The molecule has 0 spiro atoms. The van der Waals surface area contributed by atoms with Gasteiger partial charge < -0.3 is 87.1 Å². The predicted molar refractivity (Wildman–Crippen MR) is 247 cm³/mol. The lowest BCUT2D eigenvalue weighted by Gasteiger charge is -2.33. The van der Waals surface area contributed by atoms with Crippen molar-refractivity contribution in [2.75, 3.05) is 119 Å². The van der Waals surface area contributed by atoms with E-state index in [0.717, 1.165) is 0 Å². The largest absolute Gasteiger partial charge is 0.508 e. The second-order valence-corrected chi connectivity index (χ2v) is 18.7. The quantitative estimate of drug-likeness (QED) is 0.0540. The van der Waals surface area contributed by atoms with Crippen LogP contribution in [-0.2, 0) is 61.6 Å². The molecule has 20 nitrogen and oxygen atoms in total. The molecule has 67 heavy (non-hydrogen) atoms. The third-order valence-corrected chi connectivity index (χ3v) is 10.3. The minimum Gasteiger partial charge on any atom is -0.429 e. The first-order valence-electron chi connectivity index (χ1n) is 23.9. The van der Waals surface area contributed by atoms with Crippen LogP contribution in [0, 0.1) is 16.2 Å². The number of hydrogen-bond acceptors (Lipinski definition) is 20. The Morgan fingerprint density at radius 2 is 0.463 bits per heavy atom. The summed E-state index contributed by atoms with van der Waals surface area (Å²) in [4.78, 5) is 25.3. The highest BCUT2D eigenvalue weighted by atomic mass is 16.7. The average Bonchev–Trinajstić information content (AvgIpc) is 3.22. The molecule has 20 heteroatoms. The van der Waals surface area contributed by atoms with Gasteiger partial charge in [-0.15, -0.1) is 0 Å². The van der Waals surface area contributed by atoms with Crippen molar-refractivity contribution < 1.29 is 96.7 Å². The molecule has 0 saturated carbocycles. The minimum atomic E-state index is -0.891. The van der Waals surface area contributed by atoms with Crippen molar-refractivity contribution in [2.45, 2.75) is 157 Å². The zero-order valence-electron chi connectivity index (χ0n) is 42.9. The van der Waals surface area contributed by atoms with E-state index in [1.54, 1.807) is 62.3 Å². The predicted octanol–water partition coefficient (Wildman–Crippen LogP) is 4.09. The zero-order chi connectivity index (χ0) is 50.9. The van der Waals surface area contributed by atoms with Crippen LogP contribution in [0.1, 0.15) is 102 Å². The van der Waals surface area contributed by atoms with Gasteiger partial charge in [0.1, 0.15) is 24.4 Å². The molecule has 0 aliphatic carbocycles. The van der Waals surface area contributed by atoms with Crippen LogP contribution in [0.25, 0.3) is 0 Å². The summed E-state index contributed by atoms with van der Waals surface area (Å²) in [5.74, 6) is 0. The van der Waals surface area contributed by atoms with Gasteiger partial charge in [-0.1, -0.05) is 20.8 Å². The fourth-order valence-electron chi connectivity index (χ4n) is 6.14. The van der Waals surface area contributed by atoms with Crippen LogP contribution in [0.2, 0.25) is 0 Å². The van der Waals surface area contributed by atoms with Gasteiger partial charge in [0, 0.05) is 16.2 Å². The number of rotatable bonds is 43. The Bertz CT molecular complexity index is 1110. The Hall–Kier alpha value is -2.02. The van der Waals surface area contributed by atoms with Gasteiger partial charge in [-0.25, -0.2) is 9.59 Å². The molecule has 0 radical (unpaired) electrons. The van der Waals surface area contributed by atoms with Gasteiger partial charge >= 0.3 is 12.3 Å². The van der Waals surface area contributed by atoms with Crippen LogP contribution in [0.15, 0.2) is 0 Å². The van der Waals surface area contributed by atoms with E-state index in [4.69, 9.17) is 61.6 Å². The van der Waals surface area contributed by atoms with Crippen molar-refractivity contribution in [3.8, 4) is 0 Å². The molecular weight excluding hydrogens is 884 g/mol. The second kappa shape index (κ2) is 36.9. The molecule has 5 N–H and O–H groups in total. The van der Waals surface area contributed by atoms with Crippen molar-refractivity contribution in [2.24, 2.45) is 16.2 Å². The highest BCUT2D eigenvalue weighted by Crippen LogP contribution is 2.27. The van der Waals surface area contributed by atoms with E-state index in [2.05, 4.69) is 0 Å². The van der Waals surface area contributed by atoms with Crippen LogP contribution in [-0.4, -0.2) is 212 Å². The van der Waals surface area contributed by atoms with E-state index in [-0.39, 0.29) is 119 Å². The maximum Gasteiger partial charge on any atom is 0.508 e. The molecule has 9 atom stereocenters. The lowest BCUT2D eigenvalue weighted by molar-refractivity contribution is -0.109. The van der Waals surface area contributed by atoms with Crippen molar-refractivity contribution in [1.82, 2.24) is 0 Å². The molecule has 9 unspecified atom stereocenters. The Morgan fingerprint density at radius 1 is 0.313 bits per heavy atom. The number of carbonyl (C=O) groups is 2. The van der Waals surface area contributed by atoms with Crippen molar-refractivity contribution in [1.29, 1.82) is 0 Å². The van der Waals surface area contributed by atoms with Crippen LogP contribution in [0.5, 0.6) is 0 Å². The zero-order valence-corrected chi connectivity index (χ0v) is 42.9. The molecule has 0 heterocycles. The highest BCUT2D eigenvalue weighted by Gasteiger charge is 2.34. The van der Waals surface area contributed by atoms with Crippen molar-refractivity contribution in [3.63, 3.8) is 0 Å². The van der Waals surface area contributed by atoms with Gasteiger partial charge in [-0.2, -0.15) is 0 Å². The third-order valence-electron chi connectivity index (χ3n) is 10.3. The smallest absolute Gasteiger partial charge is 0.429 e. The number of aliphatic hydroxyl groups is 5. The van der Waals surface area contributed by atoms with Gasteiger partial charge in [0.2, 0.25) is 0 Å². The first kappa shape index (κ1) is 65.0. The van der Waals surface area contributed by atoms with Gasteiger partial charge in [0.15, 0.2) is 0 Å². The molecule has 0 rings (SSSR count). The van der Waals surface area contributed by atoms with Crippen molar-refractivity contribution in [3.05, 3.63) is 0 Å². The summed E-state index contributed by atoms with van der Waals surface area (Å²) in [6, 6.07) is 0. The Labute approximate surface area is 400 Å². The topological polar surface area (TPSA) is 255 Å². The lowest BCUT2D eigenvalue weighted by atomic mass is 9.88. The average molecular weight is 977 g/mol. The summed E-state index contributed by atoms with van der Waals surface area (Å²) in [6.45, 7) is 23.7. The summed E-state index contributed by atoms with van der Waals surface area (Å²) in [7, 11) is 0. The maximum absolute atomic E-state index is 12.7. The van der Waals surface area contributed by atoms with Crippen molar-refractivity contribution >= 4 is 12.3 Å². The van der Waals surface area contributed by atoms with Gasteiger partial charge in [-0.05, 0) is 81.6 Å². The fourth-order valence-corrected chi connectivity index (χ4v) is 6.14. The summed E-state index contributed by atoms with van der Waals surface area (Å²) >= 11 is 0. The Kier molecular flexibility index (Phi) is 35.7. The molecule has 0 fully saturated rings. The first-order valence-corrected chi connectivity index (χ1v) is 23.9. The molecule has 0 aliphatic rings. The molecule has 0 aromatic carbocycles. The van der Waals surface area contributed by atoms with Crippen LogP contribution in [0.4, 0.5) is 9.59 Å². The maximum atomic E-state index is 12.7. The molecule has 0 bridgehead atoms. The van der Waals surface area contributed by atoms with E-state index in [9.17, 15) is 35.1 Å². The normalized spacial score (nSPS) is 18.8. The number of aliphatic hydroxyl groups excluding tert-OH is 5. The summed E-state index contributed by atoms with van der Waals surface area (Å²) in [5, 5.41) is 48.4. The summed E-state index contributed by atoms with van der Waals surface area (Å²) in [5.41, 5.74) is -1.77. The SMILES string of the molecule is CCC(COCC(C)O)(COCC(C)O)COCC(C)OC(=O)OC(C)COCC(CC)(COCC(C)O)COCC(C)OC(=O)OC(C)COCC(CC)(COCC(C)O)COCC(C)O. The van der Waals surface area contributed by atoms with Gasteiger partial charge in [-0.3, -0.25) is 0 Å².